The summed E-state index contributed by atoms with van der Waals surface area (Å²) in [7, 11) is 1.71. The van der Waals surface area contributed by atoms with Crippen LogP contribution in [0.4, 0.5) is 5.69 Å². The van der Waals surface area contributed by atoms with Gasteiger partial charge in [-0.05, 0) is 43.0 Å². The van der Waals surface area contributed by atoms with Gasteiger partial charge in [-0.1, -0.05) is 26.0 Å². The van der Waals surface area contributed by atoms with Gasteiger partial charge in [0.15, 0.2) is 0 Å². The minimum atomic E-state index is 0.0584. The largest absolute Gasteiger partial charge is 0.367 e. The van der Waals surface area contributed by atoms with Crippen molar-refractivity contribution in [3.8, 4) is 0 Å². The molecular formula is C17H27N3O. The van der Waals surface area contributed by atoms with Crippen molar-refractivity contribution < 1.29 is 4.74 Å². The van der Waals surface area contributed by atoms with E-state index in [1.807, 2.05) is 6.92 Å². The number of rotatable bonds is 6. The van der Waals surface area contributed by atoms with Crippen molar-refractivity contribution >= 4 is 5.69 Å². The highest BCUT2D eigenvalue weighted by Gasteiger charge is 2.17. The minimum absolute atomic E-state index is 0.0584. The summed E-state index contributed by atoms with van der Waals surface area (Å²) < 4.78 is 5.23. The lowest BCUT2D eigenvalue weighted by Gasteiger charge is -2.24. The van der Waals surface area contributed by atoms with Gasteiger partial charge in [0, 0.05) is 25.9 Å². The Morgan fingerprint density at radius 2 is 2.10 bits per heavy atom. The van der Waals surface area contributed by atoms with Gasteiger partial charge in [0.25, 0.3) is 0 Å². The summed E-state index contributed by atoms with van der Waals surface area (Å²) in [6.07, 6.45) is 4.34. The molecule has 2 rings (SSSR count). The number of hydrogen-bond donors (Lipinski definition) is 2. The Balaban J connectivity index is 2.20. The third kappa shape index (κ3) is 4.06. The van der Waals surface area contributed by atoms with E-state index in [4.69, 9.17) is 4.74 Å². The highest BCUT2D eigenvalue weighted by molar-refractivity contribution is 5.59. The predicted molar refractivity (Wildman–Crippen MR) is 88.1 cm³/mol. The Bertz CT molecular complexity index is 499. The summed E-state index contributed by atoms with van der Waals surface area (Å²) >= 11 is 0. The zero-order valence-corrected chi connectivity index (χ0v) is 13.7. The maximum atomic E-state index is 5.23. The number of nitrogens with zero attached hydrogens (tertiary/aromatic N) is 1. The topological polar surface area (TPSA) is 36.5 Å². The van der Waals surface area contributed by atoms with Gasteiger partial charge in [-0.15, -0.1) is 0 Å². The van der Waals surface area contributed by atoms with Crippen LogP contribution >= 0.6 is 0 Å². The molecule has 0 aromatic heterocycles. The Hall–Kier alpha value is -1.36. The molecule has 0 aliphatic carbocycles. The monoisotopic (exact) mass is 289 g/mol. The second-order valence-electron chi connectivity index (χ2n) is 5.94. The summed E-state index contributed by atoms with van der Waals surface area (Å²) in [4.78, 5) is 0. The van der Waals surface area contributed by atoms with Crippen molar-refractivity contribution in [2.24, 2.45) is 0 Å². The van der Waals surface area contributed by atoms with E-state index >= 15 is 0 Å². The molecule has 0 amide bonds. The van der Waals surface area contributed by atoms with E-state index in [1.165, 1.54) is 16.8 Å². The standard InChI is InChI=1S/C17H27N3O/c1-12(2)16-7-6-15(11-18-14(4)21-5)10-17(16)20-9-8-13(3)19-20/h6-10,12-14,18-19H,11H2,1-5H3. The summed E-state index contributed by atoms with van der Waals surface area (Å²) in [6, 6.07) is 7.05. The van der Waals surface area contributed by atoms with Crippen LogP contribution in [0.2, 0.25) is 0 Å². The average Bonchev–Trinajstić information content (AvgIpc) is 2.90. The van der Waals surface area contributed by atoms with Crippen LogP contribution in [-0.4, -0.2) is 19.4 Å². The van der Waals surface area contributed by atoms with Crippen molar-refractivity contribution in [1.29, 1.82) is 0 Å². The Kier molecular flexibility index (Phi) is 5.39. The molecule has 2 N–H and O–H groups in total. The number of methoxy groups -OCH3 is 1. The first-order chi connectivity index (χ1) is 10.0. The van der Waals surface area contributed by atoms with E-state index in [0.29, 0.717) is 12.0 Å². The predicted octanol–water partition coefficient (Wildman–Crippen LogP) is 3.12. The zero-order chi connectivity index (χ0) is 15.4. The highest BCUT2D eigenvalue weighted by atomic mass is 16.5. The fraction of sp³-hybridized carbons (Fsp3) is 0.529. The van der Waals surface area contributed by atoms with Gasteiger partial charge in [-0.3, -0.25) is 10.3 Å². The maximum absolute atomic E-state index is 5.23. The van der Waals surface area contributed by atoms with E-state index in [9.17, 15) is 0 Å². The molecule has 0 radical (unpaired) electrons. The molecule has 1 heterocycles. The first-order valence-electron chi connectivity index (χ1n) is 7.64. The van der Waals surface area contributed by atoms with Crippen LogP contribution in [0.15, 0.2) is 30.5 Å². The summed E-state index contributed by atoms with van der Waals surface area (Å²) in [5, 5.41) is 5.47. The molecule has 2 unspecified atom stereocenters. The van der Waals surface area contributed by atoms with E-state index in [-0.39, 0.29) is 6.23 Å². The van der Waals surface area contributed by atoms with Crippen LogP contribution < -0.4 is 15.8 Å². The first-order valence-corrected chi connectivity index (χ1v) is 7.64. The van der Waals surface area contributed by atoms with Crippen molar-refractivity contribution in [1.82, 2.24) is 10.7 Å². The van der Waals surface area contributed by atoms with Crippen molar-refractivity contribution in [2.75, 3.05) is 12.1 Å². The molecule has 4 nitrogen and oxygen atoms in total. The van der Waals surface area contributed by atoms with Crippen LogP contribution in [0, 0.1) is 0 Å². The van der Waals surface area contributed by atoms with Crippen LogP contribution in [0.5, 0.6) is 0 Å². The molecular weight excluding hydrogens is 262 g/mol. The quantitative estimate of drug-likeness (QED) is 0.789. The lowest BCUT2D eigenvalue weighted by molar-refractivity contribution is 0.0879. The van der Waals surface area contributed by atoms with Gasteiger partial charge in [0.1, 0.15) is 6.23 Å². The van der Waals surface area contributed by atoms with Crippen LogP contribution in [-0.2, 0) is 11.3 Å². The minimum Gasteiger partial charge on any atom is -0.367 e. The van der Waals surface area contributed by atoms with Crippen LogP contribution in [0.3, 0.4) is 0 Å². The maximum Gasteiger partial charge on any atom is 0.105 e. The normalized spacial score (nSPS) is 19.5. The lowest BCUT2D eigenvalue weighted by Crippen LogP contribution is -2.34. The van der Waals surface area contributed by atoms with Gasteiger partial charge in [-0.25, -0.2) is 5.43 Å². The van der Waals surface area contributed by atoms with Gasteiger partial charge >= 0.3 is 0 Å². The number of anilines is 1. The molecule has 0 fully saturated rings. The fourth-order valence-electron chi connectivity index (χ4n) is 2.41. The van der Waals surface area contributed by atoms with Gasteiger partial charge in [0.05, 0.1) is 5.69 Å². The molecule has 2 atom stereocenters. The second kappa shape index (κ2) is 7.07. The van der Waals surface area contributed by atoms with E-state index in [2.05, 4.69) is 67.0 Å². The SMILES string of the molecule is COC(C)NCc1ccc(C(C)C)c(N2C=CC(C)N2)c1. The summed E-state index contributed by atoms with van der Waals surface area (Å²) in [5.41, 5.74) is 7.29. The number of ether oxygens (including phenoxy) is 1. The molecule has 1 aromatic rings. The van der Waals surface area contributed by atoms with Gasteiger partial charge < -0.3 is 4.74 Å². The number of hydrazine groups is 1. The van der Waals surface area contributed by atoms with Crippen molar-refractivity contribution in [3.05, 3.63) is 41.6 Å². The van der Waals surface area contributed by atoms with E-state index in [0.717, 1.165) is 6.54 Å². The Morgan fingerprint density at radius 1 is 1.33 bits per heavy atom. The summed E-state index contributed by atoms with van der Waals surface area (Å²) in [6.45, 7) is 9.42. The summed E-state index contributed by atoms with van der Waals surface area (Å²) in [5.74, 6) is 0.492. The van der Waals surface area contributed by atoms with Crippen molar-refractivity contribution in [2.45, 2.75) is 52.4 Å². The highest BCUT2D eigenvalue weighted by Crippen LogP contribution is 2.29. The molecule has 116 valence electrons. The van der Waals surface area contributed by atoms with E-state index < -0.39 is 0 Å². The van der Waals surface area contributed by atoms with Gasteiger partial charge in [0.2, 0.25) is 0 Å². The number of benzene rings is 1. The molecule has 1 aliphatic heterocycles. The van der Waals surface area contributed by atoms with Gasteiger partial charge in [-0.2, -0.15) is 0 Å². The molecule has 0 bridgehead atoms. The smallest absolute Gasteiger partial charge is 0.105 e. The third-order valence-corrected chi connectivity index (χ3v) is 3.79. The molecule has 0 saturated heterocycles. The number of hydrogen-bond acceptors (Lipinski definition) is 4. The average molecular weight is 289 g/mol. The number of nitrogens with one attached hydrogen (secondary N) is 2. The third-order valence-electron chi connectivity index (χ3n) is 3.79. The lowest BCUT2D eigenvalue weighted by atomic mass is 9.99. The second-order valence-corrected chi connectivity index (χ2v) is 5.94. The van der Waals surface area contributed by atoms with Crippen LogP contribution in [0.1, 0.15) is 44.7 Å². The molecule has 1 aliphatic rings. The zero-order valence-electron chi connectivity index (χ0n) is 13.7. The molecule has 4 heteroatoms. The fourth-order valence-corrected chi connectivity index (χ4v) is 2.41. The molecule has 0 saturated carbocycles. The van der Waals surface area contributed by atoms with E-state index in [1.54, 1.807) is 7.11 Å². The van der Waals surface area contributed by atoms with Crippen molar-refractivity contribution in [3.63, 3.8) is 0 Å². The molecule has 21 heavy (non-hydrogen) atoms. The molecule has 0 spiro atoms. The Morgan fingerprint density at radius 3 is 2.67 bits per heavy atom. The Labute approximate surface area is 128 Å². The van der Waals surface area contributed by atoms with Crippen LogP contribution in [0.25, 0.3) is 0 Å². The molecule has 1 aromatic carbocycles. The first kappa shape index (κ1) is 16.0.